The lowest BCUT2D eigenvalue weighted by Crippen LogP contribution is -2.01. The van der Waals surface area contributed by atoms with Gasteiger partial charge in [-0.25, -0.2) is 4.57 Å². The number of benzene rings is 3. The molecule has 0 aliphatic rings. The molecular weight excluding hydrogens is 406 g/mol. The molecule has 0 fully saturated rings. The van der Waals surface area contributed by atoms with Gasteiger partial charge in [-0.2, -0.15) is 0 Å². The maximum Gasteiger partial charge on any atom is 0.328 e. The molecular formula is C25H27N3O2S. The van der Waals surface area contributed by atoms with E-state index in [1.807, 2.05) is 53.1 Å². The van der Waals surface area contributed by atoms with Crippen LogP contribution in [0.2, 0.25) is 0 Å². The van der Waals surface area contributed by atoms with Gasteiger partial charge in [-0.05, 0) is 42.1 Å². The molecule has 0 amide bonds. The van der Waals surface area contributed by atoms with Gasteiger partial charge in [0.1, 0.15) is 11.5 Å². The maximum atomic E-state index is 6.30. The zero-order chi connectivity index (χ0) is 21.5. The number of fused-ring (bicyclic) bond motifs is 1. The van der Waals surface area contributed by atoms with Crippen molar-refractivity contribution in [2.24, 2.45) is 0 Å². The second-order valence-corrected chi connectivity index (χ2v) is 8.35. The molecule has 0 aliphatic heterocycles. The Morgan fingerprint density at radius 3 is 2.48 bits per heavy atom. The van der Waals surface area contributed by atoms with E-state index in [2.05, 4.69) is 35.3 Å². The number of nitrogens with zero attached hydrogens (tertiary/aromatic N) is 3. The van der Waals surface area contributed by atoms with E-state index >= 15 is 0 Å². The third-order valence-electron chi connectivity index (χ3n) is 5.11. The van der Waals surface area contributed by atoms with Crippen LogP contribution in [-0.4, -0.2) is 27.6 Å². The third-order valence-corrected chi connectivity index (χ3v) is 6.13. The predicted octanol–water partition coefficient (Wildman–Crippen LogP) is 6.89. The number of hydrogen-bond acceptors (Lipinski definition) is 5. The van der Waals surface area contributed by atoms with Crippen molar-refractivity contribution in [3.05, 3.63) is 66.7 Å². The van der Waals surface area contributed by atoms with E-state index in [0.717, 1.165) is 45.3 Å². The van der Waals surface area contributed by atoms with Gasteiger partial charge in [-0.3, -0.25) is 0 Å². The number of thioether (sulfide) groups is 1. The molecule has 31 heavy (non-hydrogen) atoms. The zero-order valence-electron chi connectivity index (χ0n) is 18.0. The summed E-state index contributed by atoms with van der Waals surface area (Å²) < 4.78 is 13.6. The summed E-state index contributed by atoms with van der Waals surface area (Å²) in [7, 11) is 1.67. The zero-order valence-corrected chi connectivity index (χ0v) is 18.8. The lowest BCUT2D eigenvalue weighted by molar-refractivity contribution is 0.414. The standard InChI is InChI=1S/C25H27N3O2S/c1-3-4-5-8-18-31-25-27-26-24(28(25)20-14-16-21(29-2)17-15-20)30-23-13-9-11-19-10-6-7-12-22(19)23/h6-7,9-17H,3-5,8,18H2,1-2H3. The Hall–Kier alpha value is -2.99. The molecule has 0 saturated carbocycles. The fourth-order valence-electron chi connectivity index (χ4n) is 3.44. The van der Waals surface area contributed by atoms with Crippen molar-refractivity contribution in [1.29, 1.82) is 0 Å². The van der Waals surface area contributed by atoms with Gasteiger partial charge in [0.05, 0.1) is 12.8 Å². The molecule has 0 atom stereocenters. The Morgan fingerprint density at radius 2 is 1.68 bits per heavy atom. The van der Waals surface area contributed by atoms with Gasteiger partial charge in [0.2, 0.25) is 0 Å². The fourth-order valence-corrected chi connectivity index (χ4v) is 4.39. The van der Waals surface area contributed by atoms with Crippen LogP contribution in [-0.2, 0) is 0 Å². The van der Waals surface area contributed by atoms with Crippen LogP contribution < -0.4 is 9.47 Å². The first-order valence-corrected chi connectivity index (χ1v) is 11.7. The molecule has 0 saturated heterocycles. The van der Waals surface area contributed by atoms with Gasteiger partial charge in [0.25, 0.3) is 0 Å². The summed E-state index contributed by atoms with van der Waals surface area (Å²) in [5.74, 6) is 2.57. The molecule has 0 unspecified atom stereocenters. The second kappa shape index (κ2) is 10.4. The van der Waals surface area contributed by atoms with Gasteiger partial charge < -0.3 is 9.47 Å². The minimum atomic E-state index is 0.456. The van der Waals surface area contributed by atoms with Crippen LogP contribution in [0.25, 0.3) is 16.5 Å². The number of rotatable bonds is 10. The highest BCUT2D eigenvalue weighted by atomic mass is 32.2. The lowest BCUT2D eigenvalue weighted by Gasteiger charge is -2.12. The van der Waals surface area contributed by atoms with Gasteiger partial charge in [-0.1, -0.05) is 79.4 Å². The summed E-state index contributed by atoms with van der Waals surface area (Å²) in [6, 6.07) is 22.5. The topological polar surface area (TPSA) is 49.2 Å². The Kier molecular flexibility index (Phi) is 7.10. The Morgan fingerprint density at radius 1 is 0.871 bits per heavy atom. The first-order chi connectivity index (χ1) is 15.3. The van der Waals surface area contributed by atoms with Crippen molar-refractivity contribution < 1.29 is 9.47 Å². The molecule has 160 valence electrons. The first kappa shape index (κ1) is 21.2. The van der Waals surface area contributed by atoms with Gasteiger partial charge in [0, 0.05) is 11.1 Å². The van der Waals surface area contributed by atoms with Crippen molar-refractivity contribution in [3.8, 4) is 23.2 Å². The molecule has 4 rings (SSSR count). The van der Waals surface area contributed by atoms with Crippen molar-refractivity contribution in [3.63, 3.8) is 0 Å². The highest BCUT2D eigenvalue weighted by Crippen LogP contribution is 2.33. The van der Waals surface area contributed by atoms with E-state index < -0.39 is 0 Å². The van der Waals surface area contributed by atoms with Crippen LogP contribution in [0.1, 0.15) is 32.6 Å². The number of methoxy groups -OCH3 is 1. The maximum absolute atomic E-state index is 6.30. The molecule has 4 aromatic rings. The minimum Gasteiger partial charge on any atom is -0.497 e. The summed E-state index contributed by atoms with van der Waals surface area (Å²) in [6.07, 6.45) is 4.89. The molecule has 1 aromatic heterocycles. The quantitative estimate of drug-likeness (QED) is 0.201. The Balaban J connectivity index is 1.66. The van der Waals surface area contributed by atoms with Crippen molar-refractivity contribution in [2.45, 2.75) is 37.8 Å². The average Bonchev–Trinajstić information content (AvgIpc) is 3.21. The molecule has 0 radical (unpaired) electrons. The number of aromatic nitrogens is 3. The summed E-state index contributed by atoms with van der Waals surface area (Å²) in [5, 5.41) is 11.8. The van der Waals surface area contributed by atoms with Crippen molar-refractivity contribution in [1.82, 2.24) is 14.8 Å². The summed E-state index contributed by atoms with van der Waals surface area (Å²) in [5.41, 5.74) is 0.942. The van der Waals surface area contributed by atoms with Crippen LogP contribution in [0.5, 0.6) is 17.5 Å². The molecule has 1 heterocycles. The van der Waals surface area contributed by atoms with Gasteiger partial charge in [-0.15, -0.1) is 5.10 Å². The monoisotopic (exact) mass is 433 g/mol. The number of hydrogen-bond donors (Lipinski definition) is 0. The summed E-state index contributed by atoms with van der Waals surface area (Å²) >= 11 is 1.72. The molecule has 5 nitrogen and oxygen atoms in total. The van der Waals surface area contributed by atoms with E-state index in [-0.39, 0.29) is 0 Å². The van der Waals surface area contributed by atoms with E-state index in [1.165, 1.54) is 19.3 Å². The molecule has 6 heteroatoms. The normalized spacial score (nSPS) is 11.0. The summed E-state index contributed by atoms with van der Waals surface area (Å²) in [4.78, 5) is 0. The number of unbranched alkanes of at least 4 members (excludes halogenated alkanes) is 3. The van der Waals surface area contributed by atoms with Crippen molar-refractivity contribution in [2.75, 3.05) is 12.9 Å². The third kappa shape index (κ3) is 5.02. The largest absolute Gasteiger partial charge is 0.497 e. The molecule has 0 bridgehead atoms. The van der Waals surface area contributed by atoms with E-state index in [0.29, 0.717) is 6.01 Å². The minimum absolute atomic E-state index is 0.456. The van der Waals surface area contributed by atoms with Crippen LogP contribution in [0.3, 0.4) is 0 Å². The van der Waals surface area contributed by atoms with Crippen LogP contribution in [0.15, 0.2) is 71.9 Å². The molecule has 0 N–H and O–H groups in total. The van der Waals surface area contributed by atoms with Crippen LogP contribution in [0, 0.1) is 0 Å². The van der Waals surface area contributed by atoms with Crippen molar-refractivity contribution >= 4 is 22.5 Å². The molecule has 0 spiro atoms. The lowest BCUT2D eigenvalue weighted by atomic mass is 10.1. The number of ether oxygens (including phenoxy) is 2. The van der Waals surface area contributed by atoms with Gasteiger partial charge in [0.15, 0.2) is 5.16 Å². The van der Waals surface area contributed by atoms with E-state index in [9.17, 15) is 0 Å². The SMILES string of the molecule is CCCCCCSc1nnc(Oc2cccc3ccccc23)n1-c1ccc(OC)cc1. The van der Waals surface area contributed by atoms with E-state index in [1.54, 1.807) is 18.9 Å². The first-order valence-electron chi connectivity index (χ1n) is 10.7. The molecule has 0 aliphatic carbocycles. The van der Waals surface area contributed by atoms with Crippen LogP contribution >= 0.6 is 11.8 Å². The van der Waals surface area contributed by atoms with Gasteiger partial charge >= 0.3 is 6.01 Å². The summed E-state index contributed by atoms with van der Waals surface area (Å²) in [6.45, 7) is 2.23. The predicted molar refractivity (Wildman–Crippen MR) is 127 cm³/mol. The average molecular weight is 434 g/mol. The fraction of sp³-hybridized carbons (Fsp3) is 0.280. The second-order valence-electron chi connectivity index (χ2n) is 7.29. The Bertz CT molecular complexity index is 1120. The highest BCUT2D eigenvalue weighted by molar-refractivity contribution is 7.99. The van der Waals surface area contributed by atoms with Crippen LogP contribution in [0.4, 0.5) is 0 Å². The Labute approximate surface area is 187 Å². The van der Waals surface area contributed by atoms with E-state index in [4.69, 9.17) is 9.47 Å². The molecule has 3 aromatic carbocycles. The smallest absolute Gasteiger partial charge is 0.328 e. The highest BCUT2D eigenvalue weighted by Gasteiger charge is 2.17.